The van der Waals surface area contributed by atoms with Crippen LogP contribution in [-0.4, -0.2) is 10.9 Å². The normalized spacial score (nSPS) is 12.1. The number of amides is 1. The second-order valence-corrected chi connectivity index (χ2v) is 6.87. The van der Waals surface area contributed by atoms with Gasteiger partial charge < -0.3 is 10.1 Å². The van der Waals surface area contributed by atoms with Gasteiger partial charge in [-0.15, -0.1) is 11.3 Å². The second kappa shape index (κ2) is 8.45. The van der Waals surface area contributed by atoms with Crippen LogP contribution in [-0.2, 0) is 4.79 Å². The van der Waals surface area contributed by atoms with E-state index in [2.05, 4.69) is 10.3 Å². The molecule has 5 heteroatoms. The summed E-state index contributed by atoms with van der Waals surface area (Å²) in [6.45, 7) is 3.88. The zero-order valence-electron chi connectivity index (χ0n) is 14.7. The molecule has 0 saturated carbocycles. The number of ether oxygens (including phenoxy) is 1. The molecule has 3 rings (SSSR count). The molecular weight excluding hydrogens is 344 g/mol. The fourth-order valence-corrected chi connectivity index (χ4v) is 3.00. The Kier molecular flexibility index (Phi) is 5.81. The van der Waals surface area contributed by atoms with Crippen LogP contribution >= 0.6 is 11.3 Å². The molecule has 1 amide bonds. The summed E-state index contributed by atoms with van der Waals surface area (Å²) in [6.07, 6.45) is 5.07. The van der Waals surface area contributed by atoms with Crippen LogP contribution in [0.3, 0.4) is 0 Å². The fourth-order valence-electron chi connectivity index (χ4n) is 2.39. The predicted octanol–water partition coefficient (Wildman–Crippen LogP) is 5.13. The molecule has 0 spiro atoms. The molecule has 3 aromatic rings. The average Bonchev–Trinajstić information content (AvgIpc) is 3.16. The number of hydrogen-bond acceptors (Lipinski definition) is 4. The number of nitrogens with zero attached hydrogens (tertiary/aromatic N) is 1. The minimum absolute atomic E-state index is 0.125. The Labute approximate surface area is 157 Å². The number of carbonyl (C=O) groups is 1. The molecule has 1 atom stereocenters. The lowest BCUT2D eigenvalue weighted by Gasteiger charge is -2.14. The summed E-state index contributed by atoms with van der Waals surface area (Å²) in [5, 5.41) is 4.95. The van der Waals surface area contributed by atoms with Gasteiger partial charge in [0.1, 0.15) is 11.5 Å². The van der Waals surface area contributed by atoms with E-state index in [1.54, 1.807) is 23.6 Å². The molecule has 0 aliphatic carbocycles. The predicted molar refractivity (Wildman–Crippen MR) is 105 cm³/mol. The highest BCUT2D eigenvalue weighted by Crippen LogP contribution is 2.24. The van der Waals surface area contributed by atoms with Gasteiger partial charge in [-0.05, 0) is 61.2 Å². The van der Waals surface area contributed by atoms with Crippen molar-refractivity contribution in [1.82, 2.24) is 10.3 Å². The molecule has 1 N–H and O–H groups in total. The summed E-state index contributed by atoms with van der Waals surface area (Å²) in [5.74, 6) is 1.27. The maximum absolute atomic E-state index is 12.1. The Balaban J connectivity index is 1.63. The first-order chi connectivity index (χ1) is 12.6. The minimum atomic E-state index is -0.129. The van der Waals surface area contributed by atoms with Gasteiger partial charge in [-0.3, -0.25) is 9.78 Å². The Hall–Kier alpha value is -2.92. The molecule has 1 aromatic carbocycles. The average molecular weight is 364 g/mol. The highest BCUT2D eigenvalue weighted by Gasteiger charge is 2.09. The fraction of sp³-hybridized carbons (Fsp3) is 0.143. The third kappa shape index (κ3) is 5.04. The van der Waals surface area contributed by atoms with Crippen molar-refractivity contribution in [1.29, 1.82) is 0 Å². The molecular formula is C21H20N2O2S. The van der Waals surface area contributed by atoms with Crippen LogP contribution in [0.25, 0.3) is 6.08 Å². The summed E-state index contributed by atoms with van der Waals surface area (Å²) >= 11 is 1.60. The molecule has 26 heavy (non-hydrogen) atoms. The molecule has 0 aliphatic heterocycles. The highest BCUT2D eigenvalue weighted by molar-refractivity contribution is 7.10. The van der Waals surface area contributed by atoms with Gasteiger partial charge in [0.15, 0.2) is 0 Å². The van der Waals surface area contributed by atoms with E-state index in [-0.39, 0.29) is 11.9 Å². The van der Waals surface area contributed by atoms with Crippen molar-refractivity contribution in [2.45, 2.75) is 19.9 Å². The Bertz CT molecular complexity index is 887. The number of pyridine rings is 1. The van der Waals surface area contributed by atoms with E-state index in [9.17, 15) is 4.79 Å². The number of hydrogen-bond donors (Lipinski definition) is 1. The van der Waals surface area contributed by atoms with Crippen molar-refractivity contribution in [2.75, 3.05) is 0 Å². The van der Waals surface area contributed by atoms with Gasteiger partial charge in [-0.2, -0.15) is 0 Å². The molecule has 0 aliphatic rings. The van der Waals surface area contributed by atoms with E-state index in [4.69, 9.17) is 4.74 Å². The van der Waals surface area contributed by atoms with Gasteiger partial charge in [0, 0.05) is 16.6 Å². The maximum atomic E-state index is 12.1. The number of thiophene rings is 1. The van der Waals surface area contributed by atoms with Gasteiger partial charge in [0.25, 0.3) is 0 Å². The van der Waals surface area contributed by atoms with Crippen LogP contribution in [0.2, 0.25) is 0 Å². The van der Waals surface area contributed by atoms with Gasteiger partial charge in [0.05, 0.1) is 12.2 Å². The Morgan fingerprint density at radius 2 is 2.08 bits per heavy atom. The third-order valence-corrected chi connectivity index (χ3v) is 4.62. The third-order valence-electron chi connectivity index (χ3n) is 3.78. The lowest BCUT2D eigenvalue weighted by molar-refractivity contribution is -0.117. The van der Waals surface area contributed by atoms with Crippen LogP contribution in [0.1, 0.15) is 29.1 Å². The topological polar surface area (TPSA) is 51.2 Å². The number of benzene rings is 1. The lowest BCUT2D eigenvalue weighted by atomic mass is 10.1. The molecule has 0 unspecified atom stereocenters. The van der Waals surface area contributed by atoms with E-state index < -0.39 is 0 Å². The number of aryl methyl sites for hydroxylation is 1. The number of aromatic nitrogens is 1. The summed E-state index contributed by atoms with van der Waals surface area (Å²) < 4.78 is 5.84. The molecule has 132 valence electrons. The standard InChI is InChI=1S/C21H20N2O2S/c1-15-8-9-19(14-22-15)25-18-6-3-5-17(13-18)16(2)23-21(24)11-10-20-7-4-12-26-20/h3-14,16H,1-2H3,(H,23,24)/t16-/m1/s1. The van der Waals surface area contributed by atoms with Gasteiger partial charge >= 0.3 is 0 Å². The van der Waals surface area contributed by atoms with Gasteiger partial charge in [-0.1, -0.05) is 18.2 Å². The maximum Gasteiger partial charge on any atom is 0.244 e. The Morgan fingerprint density at radius 3 is 2.81 bits per heavy atom. The number of nitrogens with one attached hydrogen (secondary N) is 1. The van der Waals surface area contributed by atoms with E-state index >= 15 is 0 Å². The summed E-state index contributed by atoms with van der Waals surface area (Å²) in [7, 11) is 0. The number of rotatable bonds is 6. The highest BCUT2D eigenvalue weighted by atomic mass is 32.1. The summed E-state index contributed by atoms with van der Waals surface area (Å²) in [5.41, 5.74) is 1.92. The van der Waals surface area contributed by atoms with E-state index in [0.29, 0.717) is 11.5 Å². The van der Waals surface area contributed by atoms with Gasteiger partial charge in [0.2, 0.25) is 5.91 Å². The van der Waals surface area contributed by atoms with Crippen molar-refractivity contribution in [3.63, 3.8) is 0 Å². The van der Waals surface area contributed by atoms with Crippen LogP contribution in [0, 0.1) is 6.92 Å². The van der Waals surface area contributed by atoms with E-state index in [0.717, 1.165) is 16.1 Å². The molecule has 0 bridgehead atoms. The van der Waals surface area contributed by atoms with Crippen LogP contribution in [0.15, 0.2) is 66.2 Å². The molecule has 0 fully saturated rings. The van der Waals surface area contributed by atoms with Crippen LogP contribution in [0.5, 0.6) is 11.5 Å². The quantitative estimate of drug-likeness (QED) is 0.617. The SMILES string of the molecule is Cc1ccc(Oc2cccc([C@@H](C)NC(=O)C=Cc3cccs3)c2)cn1. The monoisotopic (exact) mass is 364 g/mol. The van der Waals surface area contributed by atoms with Crippen molar-refractivity contribution in [3.8, 4) is 11.5 Å². The smallest absolute Gasteiger partial charge is 0.244 e. The van der Waals surface area contributed by atoms with Crippen molar-refractivity contribution < 1.29 is 9.53 Å². The minimum Gasteiger partial charge on any atom is -0.456 e. The number of carbonyl (C=O) groups excluding carboxylic acids is 1. The van der Waals surface area contributed by atoms with E-state index in [1.165, 1.54) is 0 Å². The molecule has 2 heterocycles. The van der Waals surface area contributed by atoms with Crippen LogP contribution < -0.4 is 10.1 Å². The summed E-state index contributed by atoms with van der Waals surface area (Å²) in [4.78, 5) is 17.4. The Morgan fingerprint density at radius 1 is 1.19 bits per heavy atom. The van der Waals surface area contributed by atoms with E-state index in [1.807, 2.05) is 73.8 Å². The first-order valence-corrected chi connectivity index (χ1v) is 9.21. The zero-order valence-corrected chi connectivity index (χ0v) is 15.5. The van der Waals surface area contributed by atoms with Crippen molar-refractivity contribution >= 4 is 23.3 Å². The largest absolute Gasteiger partial charge is 0.456 e. The van der Waals surface area contributed by atoms with Gasteiger partial charge in [-0.25, -0.2) is 0 Å². The lowest BCUT2D eigenvalue weighted by Crippen LogP contribution is -2.24. The first-order valence-electron chi connectivity index (χ1n) is 8.33. The second-order valence-electron chi connectivity index (χ2n) is 5.89. The first kappa shape index (κ1) is 17.9. The zero-order chi connectivity index (χ0) is 18.4. The molecule has 0 saturated heterocycles. The molecule has 4 nitrogen and oxygen atoms in total. The van der Waals surface area contributed by atoms with Crippen LogP contribution in [0.4, 0.5) is 0 Å². The van der Waals surface area contributed by atoms with Crippen molar-refractivity contribution in [2.24, 2.45) is 0 Å². The molecule has 2 aromatic heterocycles. The summed E-state index contributed by atoms with van der Waals surface area (Å²) in [6, 6.07) is 15.3. The van der Waals surface area contributed by atoms with Crippen molar-refractivity contribution in [3.05, 3.63) is 82.3 Å². The molecule has 0 radical (unpaired) electrons.